The maximum Gasteiger partial charge on any atom is 0.293 e. The average molecular weight is 1840 g/mol. The monoisotopic (exact) mass is 1840 g/mol. The number of rotatable bonds is 26. The highest BCUT2D eigenvalue weighted by molar-refractivity contribution is 8.00. The summed E-state index contributed by atoms with van der Waals surface area (Å²) in [6, 6.07) is 29.6. The van der Waals surface area contributed by atoms with Gasteiger partial charge in [0.25, 0.3) is 6.47 Å². The lowest BCUT2D eigenvalue weighted by atomic mass is 9.84. The van der Waals surface area contributed by atoms with Gasteiger partial charge in [-0.3, -0.25) is 76.7 Å². The van der Waals surface area contributed by atoms with Gasteiger partial charge in [0, 0.05) is 128 Å². The van der Waals surface area contributed by atoms with E-state index in [0.29, 0.717) is 62.9 Å². The Morgan fingerprint density at radius 3 is 1.63 bits per heavy atom. The van der Waals surface area contributed by atoms with Crippen LogP contribution in [-0.2, 0) is 120 Å². The summed E-state index contributed by atoms with van der Waals surface area (Å²) in [5, 5.41) is 38.2. The molecule has 0 unspecified atom stereocenters. The highest BCUT2D eigenvalue weighted by atomic mass is 32.2. The molecule has 1 fully saturated rings. The Labute approximate surface area is 774 Å². The molecule has 0 aliphatic carbocycles. The fraction of sp³-hybridized carbons (Fsp3) is 0.449. The van der Waals surface area contributed by atoms with E-state index in [0.717, 1.165) is 26.5 Å². The van der Waals surface area contributed by atoms with E-state index in [1.165, 1.54) is 101 Å². The van der Waals surface area contributed by atoms with Crippen LogP contribution >= 0.6 is 11.8 Å². The van der Waals surface area contributed by atoms with E-state index in [2.05, 4.69) is 36.9 Å². The number of Topliss-reactive ketones (excluding diaryl/α,β-unsaturated/α-hetero) is 3. The van der Waals surface area contributed by atoms with E-state index >= 15 is 43.2 Å². The molecule has 1 saturated heterocycles. The largest absolute Gasteiger partial charge is 0.508 e. The van der Waals surface area contributed by atoms with E-state index < -0.39 is 211 Å². The van der Waals surface area contributed by atoms with Crippen molar-refractivity contribution < 1.29 is 96.4 Å². The molecule has 1 aliphatic heterocycles. The fourth-order valence-corrected chi connectivity index (χ4v) is 16.6. The van der Waals surface area contributed by atoms with Gasteiger partial charge in [-0.05, 0) is 101 Å². The number of para-hydroxylation sites is 1. The Balaban J connectivity index is 0.0000238. The molecule has 34 heteroatoms. The van der Waals surface area contributed by atoms with Gasteiger partial charge in [0.15, 0.2) is 11.6 Å². The van der Waals surface area contributed by atoms with E-state index in [9.17, 15) is 43.8 Å². The number of fused-ring (bicyclic) bond motifs is 1. The number of unbranched alkanes of at least 4 members (excludes halogenated alkanes) is 1. The first-order chi connectivity index (χ1) is 62.4. The molecule has 11 N–H and O–H groups in total. The number of ketones is 3. The third-order valence-corrected chi connectivity index (χ3v) is 24.3. The second-order valence-corrected chi connectivity index (χ2v) is 35.1. The molecule has 1 aliphatic rings. The number of phenolic OH excluding ortho intramolecular Hbond substituents is 2. The van der Waals surface area contributed by atoms with Crippen molar-refractivity contribution in [1.82, 2.24) is 61.4 Å². The molecule has 0 radical (unpaired) electrons. The molecule has 6 aromatic carbocycles. The molecule has 11 atom stereocenters. The van der Waals surface area contributed by atoms with Crippen LogP contribution < -0.4 is 42.4 Å². The first-order valence-corrected chi connectivity index (χ1v) is 45.0. The number of hydrogen-bond acceptors (Lipinski definition) is 21. The predicted octanol–water partition coefficient (Wildman–Crippen LogP) is 6.08. The van der Waals surface area contributed by atoms with Crippen molar-refractivity contribution in [2.75, 3.05) is 73.6 Å². The number of nitrogens with two attached hydrogens (primary N) is 1. The molecule has 7 aromatic rings. The number of amides is 12. The quantitative estimate of drug-likeness (QED) is 0.0274. The fourth-order valence-electron chi connectivity index (χ4n) is 15.7. The number of primary amides is 1. The summed E-state index contributed by atoms with van der Waals surface area (Å²) >= 11 is 0.868. The zero-order valence-corrected chi connectivity index (χ0v) is 76.9. The molecule has 0 spiro atoms. The molecule has 33 nitrogen and oxygen atoms in total. The minimum Gasteiger partial charge on any atom is -0.508 e. The summed E-state index contributed by atoms with van der Waals surface area (Å²) in [7, 11) is 8.23. The maximum atomic E-state index is 15.6. The lowest BCUT2D eigenvalue weighted by Gasteiger charge is -2.37. The number of thioether (sulfide) groups is 1. The summed E-state index contributed by atoms with van der Waals surface area (Å²) in [6.07, 6.45) is -0.688. The molecule has 710 valence electrons. The van der Waals surface area contributed by atoms with Crippen molar-refractivity contribution in [1.29, 1.82) is 0 Å². The minimum atomic E-state index is -1.58. The molecular weight excluding hydrogens is 1710 g/mol. The minimum absolute atomic E-state index is 0. The number of carbonyl (C=O) groups excluding carboxylic acids is 16. The summed E-state index contributed by atoms with van der Waals surface area (Å²) in [4.78, 5) is 245. The molecule has 8 rings (SSSR count). The molecule has 2 heterocycles. The Hall–Kier alpha value is -13.3. The number of methoxy groups -OCH3 is 1. The van der Waals surface area contributed by atoms with Gasteiger partial charge in [-0.25, -0.2) is 0 Å². The van der Waals surface area contributed by atoms with Crippen molar-refractivity contribution in [3.63, 3.8) is 0 Å². The standard InChI is InChI=1S/C97H123N13O20S.CH4/c1-12-13-31-81-96(127)106(6)53-70(114)49-67(55-130-58-111)85(116)51-73(60(4)5)93(124)109(9)82(47-61-23-16-14-17-24-61)92(123)104-78(45-64-34-38-69(113)39-35-64)94(125)107(7)54-87(118)100-77(50-66-52-99-74-30-21-20-29-72(66)74)91(122)103-76(44-63-32-36-68(112)37-33-63)90(121)102-75(42-59(2)3)89(120)105-80(84(115)40-41-86(98)117)56-131-57-88(119)101-79(46-65-27-22-28-71(43-65)129-11)95(126)110(10)83(97(128)108(81)8)48-62-25-18-15-19-26-62;/h14-30,32-39,43,52,58-60,67,73,75-83,99,112-113H,12-13,31,40-42,44-51,53-57H2,1-11H3,(H2,98,117)(H,100,118)(H,101,119)(H,102,121)(H,103,122)(H,104,123)(H,105,120);1H4/t67-,73-,75-,76-,77-,78-,79-,80-,81-,82-,83-;/m0./s1. The van der Waals surface area contributed by atoms with Gasteiger partial charge in [-0.1, -0.05) is 170 Å². The van der Waals surface area contributed by atoms with Gasteiger partial charge < -0.3 is 86.8 Å². The number of aromatic nitrogens is 1. The molecular formula is C98H127N13O20S. The number of hydrogen-bond donors (Lipinski definition) is 10. The first-order valence-electron chi connectivity index (χ1n) is 43.9. The predicted molar refractivity (Wildman–Crippen MR) is 499 cm³/mol. The molecule has 12 amide bonds. The van der Waals surface area contributed by atoms with Crippen LogP contribution in [0.2, 0.25) is 0 Å². The number of likely N-dealkylation sites (N-methyl/N-ethyl adjacent to an activating group) is 5. The van der Waals surface area contributed by atoms with Crippen LogP contribution in [0.3, 0.4) is 0 Å². The van der Waals surface area contributed by atoms with Crippen LogP contribution in [0, 0.1) is 23.7 Å². The summed E-state index contributed by atoms with van der Waals surface area (Å²) in [5.41, 5.74) is 9.25. The number of nitrogens with zero attached hydrogens (tertiary/aromatic N) is 5. The average Bonchev–Trinajstić information content (AvgIpc) is 1.26. The first kappa shape index (κ1) is 106. The lowest BCUT2D eigenvalue weighted by molar-refractivity contribution is -0.151. The zero-order valence-electron chi connectivity index (χ0n) is 76.1. The van der Waals surface area contributed by atoms with Crippen LogP contribution in [0.15, 0.2) is 164 Å². The Morgan fingerprint density at radius 1 is 0.523 bits per heavy atom. The van der Waals surface area contributed by atoms with E-state index in [-0.39, 0.29) is 88.4 Å². The highest BCUT2D eigenvalue weighted by Crippen LogP contribution is 2.28. The van der Waals surface area contributed by atoms with Crippen molar-refractivity contribution in [3.8, 4) is 17.2 Å². The summed E-state index contributed by atoms with van der Waals surface area (Å²) < 4.78 is 10.7. The third-order valence-electron chi connectivity index (χ3n) is 23.2. The van der Waals surface area contributed by atoms with E-state index in [1.807, 2.05) is 6.92 Å². The van der Waals surface area contributed by atoms with Gasteiger partial charge in [0.05, 0.1) is 37.9 Å². The number of aromatic hydroxyl groups is 2. The second kappa shape index (κ2) is 51.9. The number of phenols is 2. The van der Waals surface area contributed by atoms with Gasteiger partial charge in [0.1, 0.15) is 78.0 Å². The zero-order chi connectivity index (χ0) is 95.7. The molecule has 0 bridgehead atoms. The Morgan fingerprint density at radius 2 is 1.04 bits per heavy atom. The third kappa shape index (κ3) is 31.8. The number of H-pyrrole nitrogens is 1. The number of benzene rings is 6. The van der Waals surface area contributed by atoms with Crippen LogP contribution in [0.25, 0.3) is 10.9 Å². The molecule has 1 aromatic heterocycles. The van der Waals surface area contributed by atoms with Crippen LogP contribution in [0.5, 0.6) is 17.2 Å². The van der Waals surface area contributed by atoms with Gasteiger partial charge in [-0.15, -0.1) is 11.8 Å². The van der Waals surface area contributed by atoms with Crippen molar-refractivity contribution in [2.45, 2.75) is 186 Å². The SMILES string of the molecule is C.CCCC[C@H]1C(=O)N(C)CC(=O)C[C@@H](COC=O)C(=O)C[C@@H](C(C)C)C(=O)N(C)[C@@H](Cc2ccccc2)C(=O)N[C@@H](Cc2ccc(O)cc2)C(=O)N(C)CC(=O)N[C@@H](Cc2c[nH]c3ccccc23)C(=O)N[C@@H](Cc2ccc(O)cc2)C(=O)N[C@@H](CC(C)C)C(=O)N[C@H](C(=O)CCC(N)=O)CSCC(=O)N[C@@H](Cc2cccc(OC)c2)C(=O)N(C)[C@@H](Cc2ccccc2)C(=O)N1C. The van der Waals surface area contributed by atoms with Gasteiger partial charge >= 0.3 is 0 Å². The lowest BCUT2D eigenvalue weighted by Crippen LogP contribution is -2.59. The van der Waals surface area contributed by atoms with Gasteiger partial charge in [0.2, 0.25) is 70.9 Å². The van der Waals surface area contributed by atoms with Crippen LogP contribution in [0.1, 0.15) is 127 Å². The maximum absolute atomic E-state index is 15.6. The number of ether oxygens (including phenoxy) is 2. The number of carbonyl (C=O) groups is 16. The van der Waals surface area contributed by atoms with Crippen LogP contribution in [-0.4, -0.2) is 262 Å². The van der Waals surface area contributed by atoms with Crippen molar-refractivity contribution in [2.24, 2.45) is 29.4 Å². The Bertz CT molecular complexity index is 5110. The normalized spacial score (nSPS) is 21.7. The van der Waals surface area contributed by atoms with Crippen molar-refractivity contribution in [3.05, 3.63) is 197 Å². The van der Waals surface area contributed by atoms with E-state index in [1.54, 1.807) is 143 Å². The topological polar surface area (TPSA) is 462 Å². The second-order valence-electron chi connectivity index (χ2n) is 34.1. The van der Waals surface area contributed by atoms with Gasteiger partial charge in [-0.2, -0.15) is 0 Å². The summed E-state index contributed by atoms with van der Waals surface area (Å²) in [6.45, 7) is 6.84. The number of nitrogens with one attached hydrogen (secondary N) is 7. The van der Waals surface area contributed by atoms with Crippen LogP contribution in [0.4, 0.5) is 0 Å². The smallest absolute Gasteiger partial charge is 0.293 e. The Kier molecular flexibility index (Phi) is 41.6. The highest BCUT2D eigenvalue weighted by Gasteiger charge is 2.42. The van der Waals surface area contributed by atoms with Crippen molar-refractivity contribution >= 4 is 117 Å². The molecule has 132 heavy (non-hydrogen) atoms. The summed E-state index contributed by atoms with van der Waals surface area (Å²) in [5.74, 6) is -16.1. The molecule has 0 saturated carbocycles. The van der Waals surface area contributed by atoms with E-state index in [4.69, 9.17) is 15.2 Å². The number of aromatic amines is 1.